The lowest BCUT2D eigenvalue weighted by molar-refractivity contribution is -0.120. The number of nitrogens with one attached hydrogen (secondary N) is 1. The summed E-state index contributed by atoms with van der Waals surface area (Å²) in [6.45, 7) is 8.54. The van der Waals surface area contributed by atoms with Gasteiger partial charge in [0.25, 0.3) is 0 Å². The summed E-state index contributed by atoms with van der Waals surface area (Å²) in [5.41, 5.74) is 7.81. The van der Waals surface area contributed by atoms with E-state index in [1.807, 2.05) is 6.92 Å². The van der Waals surface area contributed by atoms with Gasteiger partial charge >= 0.3 is 0 Å². The molecule has 0 saturated carbocycles. The number of nitrogens with two attached hydrogens (primary N) is 1. The molecule has 0 heterocycles. The summed E-state index contributed by atoms with van der Waals surface area (Å²) < 4.78 is 0. The molecule has 0 aromatic heterocycles. The van der Waals surface area contributed by atoms with Gasteiger partial charge in [-0.25, -0.2) is 0 Å². The van der Waals surface area contributed by atoms with Crippen molar-refractivity contribution in [3.05, 3.63) is 35.4 Å². The predicted molar refractivity (Wildman–Crippen MR) is 70.8 cm³/mol. The molecule has 0 saturated heterocycles. The Hall–Kier alpha value is -1.35. The van der Waals surface area contributed by atoms with Gasteiger partial charge in [-0.2, -0.15) is 0 Å². The Balaban J connectivity index is 2.77. The summed E-state index contributed by atoms with van der Waals surface area (Å²) in [6, 6.07) is 8.34. The number of amides is 1. The molecule has 0 radical (unpaired) electrons. The van der Waals surface area contributed by atoms with Crippen LogP contribution >= 0.6 is 0 Å². The van der Waals surface area contributed by atoms with Crippen molar-refractivity contribution in [2.45, 2.75) is 39.2 Å². The van der Waals surface area contributed by atoms with E-state index in [0.717, 1.165) is 5.56 Å². The quantitative estimate of drug-likeness (QED) is 0.841. The van der Waals surface area contributed by atoms with E-state index >= 15 is 0 Å². The number of rotatable bonds is 3. The number of hydrogen-bond acceptors (Lipinski definition) is 2. The smallest absolute Gasteiger partial charge is 0.234 e. The van der Waals surface area contributed by atoms with Crippen molar-refractivity contribution < 1.29 is 4.79 Å². The minimum absolute atomic E-state index is 0.0000633. The van der Waals surface area contributed by atoms with Crippen molar-refractivity contribution in [3.8, 4) is 0 Å². The normalized spacial score (nSPS) is 13.2. The summed E-state index contributed by atoms with van der Waals surface area (Å²) in [4.78, 5) is 11.2. The third kappa shape index (κ3) is 3.86. The molecule has 3 heteroatoms. The van der Waals surface area contributed by atoms with Crippen LogP contribution in [0, 0.1) is 0 Å². The molecule has 0 aliphatic rings. The van der Waals surface area contributed by atoms with Crippen LogP contribution in [-0.2, 0) is 10.2 Å². The van der Waals surface area contributed by atoms with Crippen LogP contribution < -0.4 is 11.1 Å². The van der Waals surface area contributed by atoms with E-state index in [0.29, 0.717) is 0 Å². The molecule has 1 rings (SSSR count). The summed E-state index contributed by atoms with van der Waals surface area (Å²) in [7, 11) is 0. The lowest BCUT2D eigenvalue weighted by atomic mass is 9.86. The molecule has 94 valence electrons. The highest BCUT2D eigenvalue weighted by Crippen LogP contribution is 2.23. The SMILES string of the molecule is CC(NC(=O)CN)c1ccc(C(C)(C)C)cc1. The minimum atomic E-state index is -0.127. The Bertz CT molecular complexity index is 376. The molecule has 1 aromatic carbocycles. The standard InChI is InChI=1S/C14H22N2O/c1-10(16-13(17)9-15)11-5-7-12(8-6-11)14(2,3)4/h5-8,10H,9,15H2,1-4H3,(H,16,17). The third-order valence-electron chi connectivity index (χ3n) is 2.84. The monoisotopic (exact) mass is 234 g/mol. The first kappa shape index (κ1) is 13.7. The largest absolute Gasteiger partial charge is 0.348 e. The third-order valence-corrected chi connectivity index (χ3v) is 2.84. The zero-order chi connectivity index (χ0) is 13.1. The van der Waals surface area contributed by atoms with Gasteiger partial charge in [-0.1, -0.05) is 45.0 Å². The van der Waals surface area contributed by atoms with Gasteiger partial charge in [0.1, 0.15) is 0 Å². The molecule has 0 fully saturated rings. The Morgan fingerprint density at radius 1 is 1.29 bits per heavy atom. The first-order valence-electron chi connectivity index (χ1n) is 5.94. The molecular formula is C14H22N2O. The minimum Gasteiger partial charge on any atom is -0.348 e. The fraction of sp³-hybridized carbons (Fsp3) is 0.500. The molecule has 1 atom stereocenters. The second kappa shape index (κ2) is 5.32. The highest BCUT2D eigenvalue weighted by atomic mass is 16.1. The van der Waals surface area contributed by atoms with E-state index in [-0.39, 0.29) is 23.9 Å². The van der Waals surface area contributed by atoms with Crippen molar-refractivity contribution in [3.63, 3.8) is 0 Å². The van der Waals surface area contributed by atoms with Crippen LogP contribution in [0.5, 0.6) is 0 Å². The van der Waals surface area contributed by atoms with Crippen molar-refractivity contribution in [1.29, 1.82) is 0 Å². The van der Waals surface area contributed by atoms with Gasteiger partial charge in [-0.3, -0.25) is 4.79 Å². The second-order valence-electron chi connectivity index (χ2n) is 5.37. The second-order valence-corrected chi connectivity index (χ2v) is 5.37. The van der Waals surface area contributed by atoms with Gasteiger partial charge in [0.2, 0.25) is 5.91 Å². The van der Waals surface area contributed by atoms with Crippen LogP contribution in [0.1, 0.15) is 44.9 Å². The number of carbonyl (C=O) groups is 1. The van der Waals surface area contributed by atoms with E-state index in [2.05, 4.69) is 50.4 Å². The molecule has 0 bridgehead atoms. The van der Waals surface area contributed by atoms with Gasteiger partial charge in [0.05, 0.1) is 12.6 Å². The molecule has 3 N–H and O–H groups in total. The average Bonchev–Trinajstić information content (AvgIpc) is 2.27. The van der Waals surface area contributed by atoms with Crippen LogP contribution in [0.25, 0.3) is 0 Å². The van der Waals surface area contributed by atoms with E-state index in [1.54, 1.807) is 0 Å². The lowest BCUT2D eigenvalue weighted by Gasteiger charge is -2.20. The number of hydrogen-bond donors (Lipinski definition) is 2. The highest BCUT2D eigenvalue weighted by molar-refractivity contribution is 5.78. The predicted octanol–water partition coefficient (Wildman–Crippen LogP) is 2.12. The summed E-state index contributed by atoms with van der Waals surface area (Å²) in [5, 5.41) is 2.84. The van der Waals surface area contributed by atoms with Gasteiger partial charge in [0.15, 0.2) is 0 Å². The zero-order valence-electron chi connectivity index (χ0n) is 11.1. The summed E-state index contributed by atoms with van der Waals surface area (Å²) in [5.74, 6) is -0.127. The molecule has 1 amide bonds. The van der Waals surface area contributed by atoms with E-state index in [4.69, 9.17) is 5.73 Å². The average molecular weight is 234 g/mol. The first-order chi connectivity index (χ1) is 7.84. The Morgan fingerprint density at radius 3 is 2.24 bits per heavy atom. The van der Waals surface area contributed by atoms with Gasteiger partial charge in [-0.05, 0) is 23.5 Å². The highest BCUT2D eigenvalue weighted by Gasteiger charge is 2.14. The Labute approximate surface area is 103 Å². The topological polar surface area (TPSA) is 55.1 Å². The maximum Gasteiger partial charge on any atom is 0.234 e. The number of benzene rings is 1. The summed E-state index contributed by atoms with van der Waals surface area (Å²) in [6.07, 6.45) is 0. The van der Waals surface area contributed by atoms with Gasteiger partial charge < -0.3 is 11.1 Å². The zero-order valence-corrected chi connectivity index (χ0v) is 11.1. The van der Waals surface area contributed by atoms with E-state index < -0.39 is 0 Å². The van der Waals surface area contributed by atoms with Crippen molar-refractivity contribution in [2.75, 3.05) is 6.54 Å². The van der Waals surface area contributed by atoms with Crippen LogP contribution in [0.3, 0.4) is 0 Å². The fourth-order valence-corrected chi connectivity index (χ4v) is 1.66. The Morgan fingerprint density at radius 2 is 1.82 bits per heavy atom. The van der Waals surface area contributed by atoms with Crippen molar-refractivity contribution in [1.82, 2.24) is 5.32 Å². The molecule has 1 unspecified atom stereocenters. The molecule has 0 aliphatic heterocycles. The van der Waals surface area contributed by atoms with Crippen LogP contribution in [0.15, 0.2) is 24.3 Å². The van der Waals surface area contributed by atoms with E-state index in [9.17, 15) is 4.79 Å². The van der Waals surface area contributed by atoms with Crippen LogP contribution in [0.4, 0.5) is 0 Å². The van der Waals surface area contributed by atoms with Crippen LogP contribution in [-0.4, -0.2) is 12.5 Å². The molecule has 0 spiro atoms. The molecule has 3 nitrogen and oxygen atoms in total. The first-order valence-corrected chi connectivity index (χ1v) is 5.94. The molecular weight excluding hydrogens is 212 g/mol. The Kier molecular flexibility index (Phi) is 4.29. The van der Waals surface area contributed by atoms with E-state index in [1.165, 1.54) is 5.56 Å². The van der Waals surface area contributed by atoms with Gasteiger partial charge in [0, 0.05) is 0 Å². The summed E-state index contributed by atoms with van der Waals surface area (Å²) >= 11 is 0. The number of carbonyl (C=O) groups excluding carboxylic acids is 1. The maximum atomic E-state index is 11.2. The fourth-order valence-electron chi connectivity index (χ4n) is 1.66. The van der Waals surface area contributed by atoms with Gasteiger partial charge in [-0.15, -0.1) is 0 Å². The van der Waals surface area contributed by atoms with Crippen molar-refractivity contribution in [2.24, 2.45) is 5.73 Å². The molecule has 0 aliphatic carbocycles. The van der Waals surface area contributed by atoms with Crippen LogP contribution in [0.2, 0.25) is 0 Å². The lowest BCUT2D eigenvalue weighted by Crippen LogP contribution is -2.32. The molecule has 17 heavy (non-hydrogen) atoms. The van der Waals surface area contributed by atoms with Crippen molar-refractivity contribution >= 4 is 5.91 Å². The maximum absolute atomic E-state index is 11.2. The molecule has 1 aromatic rings.